The van der Waals surface area contributed by atoms with E-state index in [4.69, 9.17) is 5.11 Å². The van der Waals surface area contributed by atoms with Gasteiger partial charge in [-0.05, 0) is 31.0 Å². The molecule has 0 amide bonds. The van der Waals surface area contributed by atoms with E-state index in [1.807, 2.05) is 6.92 Å². The van der Waals surface area contributed by atoms with Crippen molar-refractivity contribution in [2.75, 3.05) is 5.32 Å². The molecule has 0 aliphatic carbocycles. The van der Waals surface area contributed by atoms with Crippen molar-refractivity contribution in [3.8, 4) is 0 Å². The van der Waals surface area contributed by atoms with Crippen LogP contribution in [0.2, 0.25) is 0 Å². The van der Waals surface area contributed by atoms with E-state index in [2.05, 4.69) is 5.32 Å². The zero-order valence-corrected chi connectivity index (χ0v) is 9.46. The van der Waals surface area contributed by atoms with Gasteiger partial charge in [-0.15, -0.1) is 0 Å². The summed E-state index contributed by atoms with van der Waals surface area (Å²) in [6.07, 6.45) is 1.21. The molecule has 2 N–H and O–H groups in total. The Hall–Kier alpha value is -1.58. The molecule has 0 heterocycles. The Morgan fingerprint density at radius 1 is 1.56 bits per heavy atom. The molecule has 0 radical (unpaired) electrons. The van der Waals surface area contributed by atoms with Gasteiger partial charge in [0.2, 0.25) is 0 Å². The fourth-order valence-corrected chi connectivity index (χ4v) is 1.47. The minimum Gasteiger partial charge on any atom is -0.480 e. The highest BCUT2D eigenvalue weighted by molar-refractivity contribution is 5.77. The number of halogens is 1. The van der Waals surface area contributed by atoms with E-state index in [9.17, 15) is 9.18 Å². The van der Waals surface area contributed by atoms with Crippen molar-refractivity contribution in [2.24, 2.45) is 0 Å². The highest BCUT2D eigenvalue weighted by Crippen LogP contribution is 2.17. The molecular weight excluding hydrogens is 209 g/mol. The maximum atomic E-state index is 13.5. The van der Waals surface area contributed by atoms with Gasteiger partial charge in [0.1, 0.15) is 11.9 Å². The summed E-state index contributed by atoms with van der Waals surface area (Å²) in [5, 5.41) is 11.6. The summed E-state index contributed by atoms with van der Waals surface area (Å²) in [7, 11) is 0. The molecule has 0 saturated carbocycles. The zero-order valence-electron chi connectivity index (χ0n) is 9.46. The fourth-order valence-electron chi connectivity index (χ4n) is 1.47. The number of hydrogen-bond donors (Lipinski definition) is 2. The quantitative estimate of drug-likeness (QED) is 0.810. The molecule has 0 saturated heterocycles. The highest BCUT2D eigenvalue weighted by Gasteiger charge is 2.17. The van der Waals surface area contributed by atoms with Crippen LogP contribution in [0.15, 0.2) is 18.2 Å². The van der Waals surface area contributed by atoms with Crippen LogP contribution in [0.4, 0.5) is 10.1 Å². The van der Waals surface area contributed by atoms with Gasteiger partial charge in [0.05, 0.1) is 5.69 Å². The number of rotatable bonds is 5. The first-order valence-corrected chi connectivity index (χ1v) is 5.30. The van der Waals surface area contributed by atoms with E-state index in [1.165, 1.54) is 6.07 Å². The summed E-state index contributed by atoms with van der Waals surface area (Å²) in [6, 6.07) is 3.96. The second-order valence-electron chi connectivity index (χ2n) is 3.81. The van der Waals surface area contributed by atoms with Gasteiger partial charge in [-0.25, -0.2) is 9.18 Å². The molecular formula is C12H16FNO2. The molecule has 4 heteroatoms. The summed E-state index contributed by atoms with van der Waals surface area (Å²) >= 11 is 0. The standard InChI is InChI=1S/C12H16FNO2/c1-3-4-11(12(15)16)14-10-6-5-8(2)7-9(10)13/h5-7,11,14H,3-4H2,1-2H3,(H,15,16). The van der Waals surface area contributed by atoms with E-state index in [0.717, 1.165) is 12.0 Å². The Bertz CT molecular complexity index is 379. The van der Waals surface area contributed by atoms with E-state index in [0.29, 0.717) is 6.42 Å². The molecule has 0 fully saturated rings. The molecule has 0 aromatic heterocycles. The lowest BCUT2D eigenvalue weighted by molar-refractivity contribution is -0.138. The van der Waals surface area contributed by atoms with Crippen LogP contribution >= 0.6 is 0 Å². The molecule has 1 unspecified atom stereocenters. The monoisotopic (exact) mass is 225 g/mol. The Kier molecular flexibility index (Phi) is 4.28. The first kappa shape index (κ1) is 12.5. The average Bonchev–Trinajstić information content (AvgIpc) is 2.20. The Labute approximate surface area is 94.3 Å². The second-order valence-corrected chi connectivity index (χ2v) is 3.81. The van der Waals surface area contributed by atoms with Gasteiger partial charge >= 0.3 is 5.97 Å². The van der Waals surface area contributed by atoms with Crippen LogP contribution in [0.5, 0.6) is 0 Å². The number of nitrogens with one attached hydrogen (secondary N) is 1. The number of carboxylic acid groups (broad SMARTS) is 1. The number of anilines is 1. The Balaban J connectivity index is 2.81. The smallest absolute Gasteiger partial charge is 0.326 e. The molecule has 1 atom stereocenters. The van der Waals surface area contributed by atoms with Crippen LogP contribution in [-0.2, 0) is 4.79 Å². The van der Waals surface area contributed by atoms with Crippen molar-refractivity contribution in [2.45, 2.75) is 32.7 Å². The first-order chi connectivity index (χ1) is 7.54. The molecule has 16 heavy (non-hydrogen) atoms. The number of hydrogen-bond acceptors (Lipinski definition) is 2. The number of carboxylic acids is 1. The van der Waals surface area contributed by atoms with Crippen molar-refractivity contribution in [1.29, 1.82) is 0 Å². The van der Waals surface area contributed by atoms with Gasteiger partial charge in [0, 0.05) is 0 Å². The van der Waals surface area contributed by atoms with E-state index in [-0.39, 0.29) is 5.69 Å². The van der Waals surface area contributed by atoms with Gasteiger partial charge in [-0.1, -0.05) is 19.4 Å². The maximum absolute atomic E-state index is 13.5. The largest absolute Gasteiger partial charge is 0.480 e. The number of aliphatic carboxylic acids is 1. The maximum Gasteiger partial charge on any atom is 0.326 e. The number of benzene rings is 1. The molecule has 1 aromatic carbocycles. The van der Waals surface area contributed by atoms with Gasteiger partial charge < -0.3 is 10.4 Å². The van der Waals surface area contributed by atoms with E-state index >= 15 is 0 Å². The van der Waals surface area contributed by atoms with Gasteiger partial charge in [-0.3, -0.25) is 0 Å². The topological polar surface area (TPSA) is 49.3 Å². The summed E-state index contributed by atoms with van der Waals surface area (Å²) in [5.41, 5.74) is 1.05. The molecule has 1 rings (SSSR count). The zero-order chi connectivity index (χ0) is 12.1. The Morgan fingerprint density at radius 3 is 2.75 bits per heavy atom. The predicted molar refractivity (Wildman–Crippen MR) is 61.1 cm³/mol. The number of aryl methyl sites for hydroxylation is 1. The molecule has 88 valence electrons. The summed E-state index contributed by atoms with van der Waals surface area (Å²) < 4.78 is 13.5. The van der Waals surface area contributed by atoms with Crippen molar-refractivity contribution in [3.05, 3.63) is 29.6 Å². The van der Waals surface area contributed by atoms with Crippen LogP contribution in [-0.4, -0.2) is 17.1 Å². The SMILES string of the molecule is CCCC(Nc1ccc(C)cc1F)C(=O)O. The van der Waals surface area contributed by atoms with Gasteiger partial charge in [0.25, 0.3) is 0 Å². The van der Waals surface area contributed by atoms with Crippen LogP contribution in [0.1, 0.15) is 25.3 Å². The third-order valence-corrected chi connectivity index (χ3v) is 2.33. The van der Waals surface area contributed by atoms with Crippen molar-refractivity contribution >= 4 is 11.7 Å². The van der Waals surface area contributed by atoms with E-state index < -0.39 is 17.8 Å². The molecule has 0 spiro atoms. The van der Waals surface area contributed by atoms with Crippen LogP contribution in [0.3, 0.4) is 0 Å². The lowest BCUT2D eigenvalue weighted by atomic mass is 10.1. The molecule has 1 aromatic rings. The summed E-state index contributed by atoms with van der Waals surface area (Å²) in [5.74, 6) is -1.37. The highest BCUT2D eigenvalue weighted by atomic mass is 19.1. The third-order valence-electron chi connectivity index (χ3n) is 2.33. The molecule has 3 nitrogen and oxygen atoms in total. The van der Waals surface area contributed by atoms with Crippen molar-refractivity contribution < 1.29 is 14.3 Å². The Morgan fingerprint density at radius 2 is 2.25 bits per heavy atom. The van der Waals surface area contributed by atoms with Crippen LogP contribution in [0, 0.1) is 12.7 Å². The van der Waals surface area contributed by atoms with Gasteiger partial charge in [-0.2, -0.15) is 0 Å². The normalized spacial score (nSPS) is 12.2. The van der Waals surface area contributed by atoms with E-state index in [1.54, 1.807) is 19.1 Å². The molecule has 0 aliphatic heterocycles. The summed E-state index contributed by atoms with van der Waals surface area (Å²) in [6.45, 7) is 3.68. The lowest BCUT2D eigenvalue weighted by Crippen LogP contribution is -2.29. The van der Waals surface area contributed by atoms with Crippen molar-refractivity contribution in [3.63, 3.8) is 0 Å². The minimum atomic E-state index is -0.957. The third kappa shape index (κ3) is 3.22. The fraction of sp³-hybridized carbons (Fsp3) is 0.417. The lowest BCUT2D eigenvalue weighted by Gasteiger charge is -2.15. The van der Waals surface area contributed by atoms with Crippen LogP contribution < -0.4 is 5.32 Å². The van der Waals surface area contributed by atoms with Gasteiger partial charge in [0.15, 0.2) is 0 Å². The number of carbonyl (C=O) groups is 1. The minimum absolute atomic E-state index is 0.242. The van der Waals surface area contributed by atoms with Crippen LogP contribution in [0.25, 0.3) is 0 Å². The molecule has 0 bridgehead atoms. The van der Waals surface area contributed by atoms with Crippen molar-refractivity contribution in [1.82, 2.24) is 0 Å². The molecule has 0 aliphatic rings. The summed E-state index contributed by atoms with van der Waals surface area (Å²) in [4.78, 5) is 10.9. The first-order valence-electron chi connectivity index (χ1n) is 5.30. The average molecular weight is 225 g/mol. The second kappa shape index (κ2) is 5.49. The predicted octanol–water partition coefficient (Wildman–Crippen LogP) is 2.80.